The maximum Gasteiger partial charge on any atom is 0.333 e. The van der Waals surface area contributed by atoms with Crippen molar-refractivity contribution in [2.75, 3.05) is 21.3 Å². The molecule has 0 unspecified atom stereocenters. The lowest BCUT2D eigenvalue weighted by molar-refractivity contribution is -0.136. The van der Waals surface area contributed by atoms with E-state index in [2.05, 4.69) is 0 Å². The van der Waals surface area contributed by atoms with Crippen LogP contribution in [0.4, 0.5) is 0 Å². The van der Waals surface area contributed by atoms with Crippen molar-refractivity contribution in [3.05, 3.63) is 61.8 Å². The number of fused-ring (bicyclic) bond motifs is 1. The number of hydrogen-bond donors (Lipinski definition) is 0. The van der Waals surface area contributed by atoms with Gasteiger partial charge in [0.15, 0.2) is 5.75 Å². The molecule has 0 fully saturated rings. The van der Waals surface area contributed by atoms with Gasteiger partial charge in [0.25, 0.3) is 0 Å². The molecule has 5 rings (SSSR count). The molecular weight excluding hydrogens is 492 g/mol. The first kappa shape index (κ1) is 23.6. The van der Waals surface area contributed by atoms with E-state index in [4.69, 9.17) is 30.5 Å². The summed E-state index contributed by atoms with van der Waals surface area (Å²) < 4.78 is 22.0. The van der Waals surface area contributed by atoms with Gasteiger partial charge in [-0.3, -0.25) is 9.59 Å². The largest absolute Gasteiger partial charge is 0.496 e. The van der Waals surface area contributed by atoms with E-state index in [1.165, 1.54) is 38.7 Å². The fourth-order valence-corrected chi connectivity index (χ4v) is 6.33. The van der Waals surface area contributed by atoms with E-state index in [1.807, 2.05) is 16.8 Å². The number of Topliss-reactive ketones (excluding diaryl/α,β-unsaturated/α-hetero) is 2. The third-order valence-corrected chi connectivity index (χ3v) is 8.12. The Bertz CT molecular complexity index is 1320. The van der Waals surface area contributed by atoms with Crippen molar-refractivity contribution in [3.63, 3.8) is 0 Å². The molecule has 2 aliphatic carbocycles. The molecule has 3 atom stereocenters. The number of ketones is 2. The predicted octanol–water partition coefficient (Wildman–Crippen LogP) is 4.93. The van der Waals surface area contributed by atoms with Gasteiger partial charge in [0.1, 0.15) is 22.1 Å². The molecule has 1 spiro atoms. The molecule has 35 heavy (non-hydrogen) atoms. The van der Waals surface area contributed by atoms with Crippen molar-refractivity contribution in [3.8, 4) is 17.2 Å². The van der Waals surface area contributed by atoms with Crippen LogP contribution in [-0.2, 0) is 14.3 Å². The summed E-state index contributed by atoms with van der Waals surface area (Å²) in [4.78, 5) is 40.7. The van der Waals surface area contributed by atoms with Crippen LogP contribution in [0.25, 0.3) is 0 Å². The summed E-state index contributed by atoms with van der Waals surface area (Å²) in [5.74, 6) is -1.74. The molecule has 0 saturated heterocycles. The summed E-state index contributed by atoms with van der Waals surface area (Å²) >= 11 is 8.01. The highest BCUT2D eigenvalue weighted by atomic mass is 35.5. The van der Waals surface area contributed by atoms with Gasteiger partial charge in [-0.2, -0.15) is 11.3 Å². The zero-order valence-electron chi connectivity index (χ0n) is 19.6. The SMILES string of the molecule is COC(=O)C1=C[C@@H](c2ccsc2)C2=C(C1)C[C@@H](C)[C@]1(Oc3c(Cl)c(OC)cc(OC)c3C1=O)C2=O. The summed E-state index contributed by atoms with van der Waals surface area (Å²) in [6, 6.07) is 3.43. The fraction of sp³-hybridized carbons (Fsp3) is 0.346. The number of rotatable bonds is 4. The number of methoxy groups -OCH3 is 3. The van der Waals surface area contributed by atoms with Gasteiger partial charge in [0, 0.05) is 35.5 Å². The predicted molar refractivity (Wildman–Crippen MR) is 130 cm³/mol. The highest BCUT2D eigenvalue weighted by Gasteiger charge is 2.63. The first-order chi connectivity index (χ1) is 16.8. The van der Waals surface area contributed by atoms with Crippen LogP contribution in [0.2, 0.25) is 5.02 Å². The average molecular weight is 515 g/mol. The number of carbonyl (C=O) groups excluding carboxylic acids is 3. The van der Waals surface area contributed by atoms with Crippen molar-refractivity contribution in [2.45, 2.75) is 31.3 Å². The minimum atomic E-state index is -1.78. The first-order valence-electron chi connectivity index (χ1n) is 11.0. The van der Waals surface area contributed by atoms with Gasteiger partial charge >= 0.3 is 5.97 Å². The monoisotopic (exact) mass is 514 g/mol. The minimum Gasteiger partial charge on any atom is -0.496 e. The van der Waals surface area contributed by atoms with Crippen molar-refractivity contribution in [2.24, 2.45) is 5.92 Å². The van der Waals surface area contributed by atoms with E-state index >= 15 is 0 Å². The zero-order chi connectivity index (χ0) is 25.1. The lowest BCUT2D eigenvalue weighted by Gasteiger charge is -2.41. The van der Waals surface area contributed by atoms with Crippen molar-refractivity contribution in [1.29, 1.82) is 0 Å². The topological polar surface area (TPSA) is 88.1 Å². The number of halogens is 1. The zero-order valence-corrected chi connectivity index (χ0v) is 21.2. The number of thiophene rings is 1. The summed E-state index contributed by atoms with van der Waals surface area (Å²) in [7, 11) is 4.22. The molecule has 1 aromatic heterocycles. The number of esters is 1. The molecule has 0 amide bonds. The van der Waals surface area contributed by atoms with Gasteiger partial charge in [-0.25, -0.2) is 4.79 Å². The molecule has 2 aromatic rings. The van der Waals surface area contributed by atoms with E-state index < -0.39 is 35.0 Å². The van der Waals surface area contributed by atoms with Crippen LogP contribution in [0, 0.1) is 5.92 Å². The molecule has 182 valence electrons. The van der Waals surface area contributed by atoms with Crippen LogP contribution < -0.4 is 14.2 Å². The summed E-state index contributed by atoms with van der Waals surface area (Å²) in [5.41, 5.74) is 1.01. The van der Waals surface area contributed by atoms with Crippen molar-refractivity contribution >= 4 is 40.5 Å². The highest BCUT2D eigenvalue weighted by molar-refractivity contribution is 7.08. The smallest absolute Gasteiger partial charge is 0.333 e. The van der Waals surface area contributed by atoms with E-state index in [0.29, 0.717) is 17.6 Å². The lowest BCUT2D eigenvalue weighted by atomic mass is 9.64. The van der Waals surface area contributed by atoms with E-state index in [1.54, 1.807) is 13.0 Å². The van der Waals surface area contributed by atoms with Crippen LogP contribution >= 0.6 is 22.9 Å². The molecule has 1 aromatic carbocycles. The van der Waals surface area contributed by atoms with Gasteiger partial charge in [-0.15, -0.1) is 0 Å². The molecule has 3 aliphatic rings. The maximum atomic E-state index is 14.3. The second-order valence-corrected chi connectivity index (χ2v) is 9.97. The quantitative estimate of drug-likeness (QED) is 0.422. The van der Waals surface area contributed by atoms with Gasteiger partial charge in [0.2, 0.25) is 17.2 Å². The standard InChI is InChI=1S/C26H23ClO7S/c1-12-7-14-8-15(25(30)33-4)9-16(13-5-6-35-11-13)19(14)23(28)26(12)24(29)20-17(31-2)10-18(32-3)21(27)22(20)34-26/h5-6,9-12,16H,7-8H2,1-4H3/t12-,16+,26+/m1/s1. The van der Waals surface area contributed by atoms with E-state index in [9.17, 15) is 14.4 Å². The normalized spacial score (nSPS) is 25.1. The number of hydrogen-bond acceptors (Lipinski definition) is 8. The van der Waals surface area contributed by atoms with E-state index in [0.717, 1.165) is 11.1 Å². The second-order valence-electron chi connectivity index (χ2n) is 8.81. The number of benzene rings is 1. The third-order valence-electron chi connectivity index (χ3n) is 7.06. The third kappa shape index (κ3) is 3.27. The number of ether oxygens (including phenoxy) is 4. The molecule has 1 aliphatic heterocycles. The second kappa shape index (κ2) is 8.53. The van der Waals surface area contributed by atoms with E-state index in [-0.39, 0.29) is 34.3 Å². The van der Waals surface area contributed by atoms with Crippen LogP contribution in [0.1, 0.15) is 41.6 Å². The molecule has 0 N–H and O–H groups in total. The summed E-state index contributed by atoms with van der Waals surface area (Å²) in [5, 5.41) is 3.95. The molecule has 2 heterocycles. The van der Waals surface area contributed by atoms with Crippen LogP contribution in [-0.4, -0.2) is 44.5 Å². The van der Waals surface area contributed by atoms with Crippen molar-refractivity contribution in [1.82, 2.24) is 0 Å². The summed E-state index contributed by atoms with van der Waals surface area (Å²) in [6.45, 7) is 1.80. The Balaban J connectivity index is 1.66. The Morgan fingerprint density at radius 2 is 1.91 bits per heavy atom. The number of allylic oxidation sites excluding steroid dienone is 2. The number of carbonyl (C=O) groups is 3. The fourth-order valence-electron chi connectivity index (χ4n) is 5.37. The van der Waals surface area contributed by atoms with Crippen molar-refractivity contribution < 1.29 is 33.3 Å². The molecule has 0 saturated carbocycles. The van der Waals surface area contributed by atoms with Gasteiger partial charge in [-0.1, -0.05) is 30.2 Å². The molecule has 9 heteroatoms. The molecule has 0 radical (unpaired) electrons. The molecule has 7 nitrogen and oxygen atoms in total. The Morgan fingerprint density at radius 1 is 1.17 bits per heavy atom. The van der Waals surface area contributed by atoms with Crippen LogP contribution in [0.5, 0.6) is 17.2 Å². The van der Waals surface area contributed by atoms with Gasteiger partial charge < -0.3 is 18.9 Å². The first-order valence-corrected chi connectivity index (χ1v) is 12.4. The Labute approximate surface area is 211 Å². The highest BCUT2D eigenvalue weighted by Crippen LogP contribution is 2.56. The summed E-state index contributed by atoms with van der Waals surface area (Å²) in [6.07, 6.45) is 2.44. The minimum absolute atomic E-state index is 0.0887. The van der Waals surface area contributed by atoms with Crippen LogP contribution in [0.15, 0.2) is 45.7 Å². The Morgan fingerprint density at radius 3 is 2.54 bits per heavy atom. The lowest BCUT2D eigenvalue weighted by Crippen LogP contribution is -2.57. The molecule has 0 bridgehead atoms. The average Bonchev–Trinajstić information content (AvgIpc) is 3.50. The van der Waals surface area contributed by atoms with Gasteiger partial charge in [-0.05, 0) is 28.8 Å². The molecular formula is C26H23ClO7S. The van der Waals surface area contributed by atoms with Crippen LogP contribution in [0.3, 0.4) is 0 Å². The Hall–Kier alpha value is -3.10. The Kier molecular flexibility index (Phi) is 5.76. The van der Waals surface area contributed by atoms with Gasteiger partial charge in [0.05, 0.1) is 21.3 Å². The maximum absolute atomic E-state index is 14.3.